The lowest BCUT2D eigenvalue weighted by atomic mass is 9.89. The fourth-order valence-electron chi connectivity index (χ4n) is 3.24. The van der Waals surface area contributed by atoms with Crippen molar-refractivity contribution in [2.24, 2.45) is 11.8 Å². The van der Waals surface area contributed by atoms with Crippen LogP contribution in [0.1, 0.15) is 54.6 Å². The largest absolute Gasteiger partial charge is 0.311 e. The molecule has 0 aliphatic heterocycles. The average molecular weight is 237 g/mol. The zero-order valence-electron chi connectivity index (χ0n) is 9.94. The number of hydrogen-bond acceptors (Lipinski definition) is 4. The molecule has 2 aliphatic rings. The number of hydrogen-bond donors (Lipinski definition) is 1. The lowest BCUT2D eigenvalue weighted by Crippen LogP contribution is -2.11. The summed E-state index contributed by atoms with van der Waals surface area (Å²) < 4.78 is 0. The van der Waals surface area contributed by atoms with Crippen LogP contribution in [-0.2, 0) is 0 Å². The SMILES string of the molecule is CNC(C)c1nnc(C2CC3CCC2C3)s1. The molecule has 0 spiro atoms. The summed E-state index contributed by atoms with van der Waals surface area (Å²) in [5.74, 6) is 2.63. The van der Waals surface area contributed by atoms with Crippen molar-refractivity contribution in [2.75, 3.05) is 7.05 Å². The monoisotopic (exact) mass is 237 g/mol. The van der Waals surface area contributed by atoms with Crippen molar-refractivity contribution in [3.8, 4) is 0 Å². The standard InChI is InChI=1S/C12H19N3S/c1-7(13-2)11-14-15-12(16-11)10-6-8-3-4-9(10)5-8/h7-10,13H,3-6H2,1-2H3. The Morgan fingerprint density at radius 3 is 2.81 bits per heavy atom. The number of nitrogens with zero attached hydrogens (tertiary/aromatic N) is 2. The second kappa shape index (κ2) is 4.08. The Kier molecular flexibility index (Phi) is 2.72. The second-order valence-corrected chi connectivity index (χ2v) is 6.31. The van der Waals surface area contributed by atoms with Crippen molar-refractivity contribution < 1.29 is 0 Å². The highest BCUT2D eigenvalue weighted by Crippen LogP contribution is 2.53. The smallest absolute Gasteiger partial charge is 0.134 e. The third-order valence-corrected chi connectivity index (χ3v) is 5.55. The van der Waals surface area contributed by atoms with Crippen LogP contribution in [0.25, 0.3) is 0 Å². The number of aromatic nitrogens is 2. The zero-order chi connectivity index (χ0) is 11.1. The molecule has 2 fully saturated rings. The first kappa shape index (κ1) is 10.7. The van der Waals surface area contributed by atoms with Gasteiger partial charge in [-0.2, -0.15) is 0 Å². The molecule has 4 unspecified atom stereocenters. The molecule has 0 amide bonds. The van der Waals surface area contributed by atoms with E-state index in [1.54, 1.807) is 0 Å². The highest BCUT2D eigenvalue weighted by atomic mass is 32.1. The van der Waals surface area contributed by atoms with E-state index >= 15 is 0 Å². The minimum Gasteiger partial charge on any atom is -0.311 e. The summed E-state index contributed by atoms with van der Waals surface area (Å²) in [7, 11) is 1.98. The molecule has 3 rings (SSSR count). The van der Waals surface area contributed by atoms with Crippen LogP contribution in [0.3, 0.4) is 0 Å². The van der Waals surface area contributed by atoms with Crippen molar-refractivity contribution in [1.29, 1.82) is 0 Å². The van der Waals surface area contributed by atoms with Gasteiger partial charge in [0.25, 0.3) is 0 Å². The summed E-state index contributed by atoms with van der Waals surface area (Å²) in [4.78, 5) is 0. The van der Waals surface area contributed by atoms with Gasteiger partial charge >= 0.3 is 0 Å². The Morgan fingerprint density at radius 2 is 2.19 bits per heavy atom. The molecular weight excluding hydrogens is 218 g/mol. The van der Waals surface area contributed by atoms with Crippen LogP contribution in [0.2, 0.25) is 0 Å². The lowest BCUT2D eigenvalue weighted by molar-refractivity contribution is 0.417. The highest BCUT2D eigenvalue weighted by Gasteiger charge is 2.41. The predicted molar refractivity (Wildman–Crippen MR) is 65.6 cm³/mol. The maximum Gasteiger partial charge on any atom is 0.134 e. The molecule has 1 aromatic rings. The molecule has 2 aliphatic carbocycles. The Bertz CT molecular complexity index is 376. The van der Waals surface area contributed by atoms with Crippen molar-refractivity contribution in [3.05, 3.63) is 10.0 Å². The van der Waals surface area contributed by atoms with E-state index < -0.39 is 0 Å². The molecule has 88 valence electrons. The molecule has 1 heterocycles. The van der Waals surface area contributed by atoms with Gasteiger partial charge in [-0.15, -0.1) is 10.2 Å². The Morgan fingerprint density at radius 1 is 1.31 bits per heavy atom. The van der Waals surface area contributed by atoms with Crippen molar-refractivity contribution in [3.63, 3.8) is 0 Å². The van der Waals surface area contributed by atoms with Gasteiger partial charge in [0.05, 0.1) is 6.04 Å². The summed E-state index contributed by atoms with van der Waals surface area (Å²) in [6.45, 7) is 2.14. The van der Waals surface area contributed by atoms with E-state index in [9.17, 15) is 0 Å². The van der Waals surface area contributed by atoms with Crippen molar-refractivity contribution in [1.82, 2.24) is 15.5 Å². The molecule has 2 saturated carbocycles. The van der Waals surface area contributed by atoms with E-state index in [4.69, 9.17) is 0 Å². The van der Waals surface area contributed by atoms with Crippen LogP contribution in [-0.4, -0.2) is 17.2 Å². The van der Waals surface area contributed by atoms with Crippen LogP contribution in [0.5, 0.6) is 0 Å². The fraction of sp³-hybridized carbons (Fsp3) is 0.833. The summed E-state index contributed by atoms with van der Waals surface area (Å²) in [6, 6.07) is 0.338. The molecule has 1 aromatic heterocycles. The summed E-state index contributed by atoms with van der Waals surface area (Å²) in [6.07, 6.45) is 5.69. The van der Waals surface area contributed by atoms with Gasteiger partial charge in [0.1, 0.15) is 10.0 Å². The molecule has 4 heteroatoms. The van der Waals surface area contributed by atoms with Crippen LogP contribution < -0.4 is 5.32 Å². The molecule has 0 aromatic carbocycles. The zero-order valence-corrected chi connectivity index (χ0v) is 10.8. The Hall–Kier alpha value is -0.480. The minimum absolute atomic E-state index is 0.338. The van der Waals surface area contributed by atoms with Crippen molar-refractivity contribution in [2.45, 2.75) is 44.6 Å². The molecule has 2 bridgehead atoms. The van der Waals surface area contributed by atoms with E-state index in [1.165, 1.54) is 30.7 Å². The molecule has 0 saturated heterocycles. The van der Waals surface area contributed by atoms with E-state index in [-0.39, 0.29) is 0 Å². The van der Waals surface area contributed by atoms with Gasteiger partial charge < -0.3 is 5.32 Å². The Labute approximate surface area is 101 Å². The summed E-state index contributed by atoms with van der Waals surface area (Å²) in [5.41, 5.74) is 0. The third kappa shape index (κ3) is 1.68. The molecule has 4 atom stereocenters. The number of rotatable bonds is 3. The summed E-state index contributed by atoms with van der Waals surface area (Å²) >= 11 is 1.82. The Balaban J connectivity index is 1.77. The fourth-order valence-corrected chi connectivity index (χ4v) is 4.35. The van der Waals surface area contributed by atoms with Gasteiger partial charge in [-0.1, -0.05) is 17.8 Å². The van der Waals surface area contributed by atoms with E-state index in [1.807, 2.05) is 18.4 Å². The predicted octanol–water partition coefficient (Wildman–Crippen LogP) is 2.72. The van der Waals surface area contributed by atoms with Crippen LogP contribution in [0.15, 0.2) is 0 Å². The van der Waals surface area contributed by atoms with Gasteiger partial charge in [-0.25, -0.2) is 0 Å². The van der Waals surface area contributed by atoms with Gasteiger partial charge in [-0.05, 0) is 45.1 Å². The molecule has 16 heavy (non-hydrogen) atoms. The van der Waals surface area contributed by atoms with E-state index in [2.05, 4.69) is 22.4 Å². The van der Waals surface area contributed by atoms with Gasteiger partial charge in [0.2, 0.25) is 0 Å². The first-order valence-corrected chi connectivity index (χ1v) is 7.10. The van der Waals surface area contributed by atoms with Crippen LogP contribution in [0.4, 0.5) is 0 Å². The molecule has 0 radical (unpaired) electrons. The number of nitrogens with one attached hydrogen (secondary N) is 1. The van der Waals surface area contributed by atoms with Gasteiger partial charge in [0, 0.05) is 5.92 Å². The first-order chi connectivity index (χ1) is 7.78. The normalized spacial score (nSPS) is 34.5. The number of fused-ring (bicyclic) bond motifs is 2. The van der Waals surface area contributed by atoms with Crippen molar-refractivity contribution >= 4 is 11.3 Å². The average Bonchev–Trinajstić information content (AvgIpc) is 3.02. The van der Waals surface area contributed by atoms with Crippen LogP contribution in [0, 0.1) is 11.8 Å². The molecule has 3 nitrogen and oxygen atoms in total. The van der Waals surface area contributed by atoms with Gasteiger partial charge in [0.15, 0.2) is 0 Å². The van der Waals surface area contributed by atoms with Gasteiger partial charge in [-0.3, -0.25) is 0 Å². The molecule has 1 N–H and O–H groups in total. The third-order valence-electron chi connectivity index (χ3n) is 4.31. The second-order valence-electron chi connectivity index (χ2n) is 5.27. The van der Waals surface area contributed by atoms with E-state index in [0.29, 0.717) is 6.04 Å². The quantitative estimate of drug-likeness (QED) is 0.878. The topological polar surface area (TPSA) is 37.8 Å². The van der Waals surface area contributed by atoms with Crippen LogP contribution >= 0.6 is 11.3 Å². The highest BCUT2D eigenvalue weighted by molar-refractivity contribution is 7.11. The minimum atomic E-state index is 0.338. The summed E-state index contributed by atoms with van der Waals surface area (Å²) in [5, 5.41) is 14.4. The molecular formula is C12H19N3S. The maximum atomic E-state index is 4.41. The lowest BCUT2D eigenvalue weighted by Gasteiger charge is -2.18. The van der Waals surface area contributed by atoms with E-state index in [0.717, 1.165) is 22.8 Å². The maximum absolute atomic E-state index is 4.41. The first-order valence-electron chi connectivity index (χ1n) is 6.28.